The van der Waals surface area contributed by atoms with Crippen molar-refractivity contribution in [3.63, 3.8) is 0 Å². The second-order valence-electron chi connectivity index (χ2n) is 2.36. The fourth-order valence-corrected chi connectivity index (χ4v) is 0.868. The summed E-state index contributed by atoms with van der Waals surface area (Å²) in [5.41, 5.74) is 0. The van der Waals surface area contributed by atoms with Crippen molar-refractivity contribution in [2.45, 2.75) is 19.8 Å². The zero-order valence-electron chi connectivity index (χ0n) is 6.76. The van der Waals surface area contributed by atoms with Gasteiger partial charge in [-0.15, -0.1) is 0 Å². The Hall–Kier alpha value is -0.220. The average Bonchev–Trinajstić information content (AvgIpc) is 1.97. The molecule has 0 radical (unpaired) electrons. The fraction of sp³-hybridized carbons (Fsp3) is 1.00. The Morgan fingerprint density at radius 2 is 2.09 bits per heavy atom. The minimum atomic E-state index is -2.27. The summed E-state index contributed by atoms with van der Waals surface area (Å²) in [6.45, 7) is 2.89. The Balaban J connectivity index is 3.41. The molecular formula is C7H15F2NO. The number of hydrogen-bond acceptors (Lipinski definition) is 2. The highest BCUT2D eigenvalue weighted by Gasteiger charge is 2.08. The summed E-state index contributed by atoms with van der Waals surface area (Å²) in [5, 5.41) is 8.43. The molecular weight excluding hydrogens is 152 g/mol. The smallest absolute Gasteiger partial charge is 0.251 e. The molecule has 0 rings (SSSR count). The van der Waals surface area contributed by atoms with Gasteiger partial charge in [0.15, 0.2) is 0 Å². The molecule has 0 aliphatic carbocycles. The number of rotatable bonds is 6. The lowest BCUT2D eigenvalue weighted by molar-refractivity contribution is 0.0871. The standard InChI is InChI=1S/C7H15F2NO/c1-2-10(4-3-5-11)6-7(8)9/h7,11H,2-6H2,1H3. The van der Waals surface area contributed by atoms with Gasteiger partial charge in [0.25, 0.3) is 6.43 Å². The molecule has 11 heavy (non-hydrogen) atoms. The van der Waals surface area contributed by atoms with Gasteiger partial charge in [-0.2, -0.15) is 0 Å². The monoisotopic (exact) mass is 167 g/mol. The summed E-state index contributed by atoms with van der Waals surface area (Å²) < 4.78 is 23.6. The van der Waals surface area contributed by atoms with Crippen molar-refractivity contribution >= 4 is 0 Å². The van der Waals surface area contributed by atoms with Gasteiger partial charge in [0, 0.05) is 13.2 Å². The SMILES string of the molecule is CCN(CCCO)CC(F)F. The molecule has 0 aromatic heterocycles. The van der Waals surface area contributed by atoms with Crippen LogP contribution in [0.2, 0.25) is 0 Å². The van der Waals surface area contributed by atoms with Gasteiger partial charge in [-0.05, 0) is 13.0 Å². The van der Waals surface area contributed by atoms with E-state index in [1.807, 2.05) is 6.92 Å². The number of hydrogen-bond donors (Lipinski definition) is 1. The van der Waals surface area contributed by atoms with E-state index in [9.17, 15) is 8.78 Å². The quantitative estimate of drug-likeness (QED) is 0.636. The first-order valence-corrected chi connectivity index (χ1v) is 3.82. The number of aliphatic hydroxyl groups is 1. The van der Waals surface area contributed by atoms with Crippen LogP contribution in [0.5, 0.6) is 0 Å². The Morgan fingerprint density at radius 1 is 1.45 bits per heavy atom. The van der Waals surface area contributed by atoms with Gasteiger partial charge in [0.05, 0.1) is 6.54 Å². The van der Waals surface area contributed by atoms with E-state index in [0.717, 1.165) is 0 Å². The van der Waals surface area contributed by atoms with E-state index < -0.39 is 6.43 Å². The molecule has 0 amide bonds. The van der Waals surface area contributed by atoms with Crippen LogP contribution in [0.25, 0.3) is 0 Å². The van der Waals surface area contributed by atoms with Crippen LogP contribution in [0.3, 0.4) is 0 Å². The number of nitrogens with zero attached hydrogens (tertiary/aromatic N) is 1. The lowest BCUT2D eigenvalue weighted by Gasteiger charge is -2.18. The lowest BCUT2D eigenvalue weighted by atomic mass is 10.4. The van der Waals surface area contributed by atoms with E-state index in [4.69, 9.17) is 5.11 Å². The maximum Gasteiger partial charge on any atom is 0.251 e. The minimum absolute atomic E-state index is 0.0692. The molecule has 0 aliphatic rings. The summed E-state index contributed by atoms with van der Waals surface area (Å²) in [7, 11) is 0. The molecule has 0 bridgehead atoms. The first-order chi connectivity index (χ1) is 5.20. The molecule has 2 nitrogen and oxygen atoms in total. The molecule has 0 unspecified atom stereocenters. The van der Waals surface area contributed by atoms with Crippen LogP contribution >= 0.6 is 0 Å². The zero-order valence-corrected chi connectivity index (χ0v) is 6.76. The van der Waals surface area contributed by atoms with E-state index in [1.165, 1.54) is 0 Å². The molecule has 1 N–H and O–H groups in total. The summed E-state index contributed by atoms with van der Waals surface area (Å²) in [6, 6.07) is 0. The van der Waals surface area contributed by atoms with Crippen LogP contribution < -0.4 is 0 Å². The highest BCUT2D eigenvalue weighted by Crippen LogP contribution is 1.98. The van der Waals surface area contributed by atoms with Crippen molar-refractivity contribution in [3.05, 3.63) is 0 Å². The molecule has 4 heteroatoms. The van der Waals surface area contributed by atoms with Crippen LogP contribution in [-0.4, -0.2) is 42.7 Å². The second-order valence-corrected chi connectivity index (χ2v) is 2.36. The highest BCUT2D eigenvalue weighted by atomic mass is 19.3. The van der Waals surface area contributed by atoms with Gasteiger partial charge >= 0.3 is 0 Å². The average molecular weight is 167 g/mol. The lowest BCUT2D eigenvalue weighted by Crippen LogP contribution is -2.30. The minimum Gasteiger partial charge on any atom is -0.396 e. The van der Waals surface area contributed by atoms with Gasteiger partial charge < -0.3 is 5.11 Å². The maximum atomic E-state index is 11.8. The molecule has 0 spiro atoms. The van der Waals surface area contributed by atoms with Crippen molar-refractivity contribution in [3.8, 4) is 0 Å². The van der Waals surface area contributed by atoms with Crippen LogP contribution in [0.15, 0.2) is 0 Å². The summed E-state index contributed by atoms with van der Waals surface area (Å²) in [4.78, 5) is 1.63. The molecule has 0 atom stereocenters. The highest BCUT2D eigenvalue weighted by molar-refractivity contribution is 4.55. The van der Waals surface area contributed by atoms with Crippen LogP contribution in [0.1, 0.15) is 13.3 Å². The molecule has 68 valence electrons. The van der Waals surface area contributed by atoms with Crippen molar-refractivity contribution in [1.82, 2.24) is 4.90 Å². The Labute approximate surface area is 65.8 Å². The molecule has 0 heterocycles. The zero-order chi connectivity index (χ0) is 8.69. The first kappa shape index (κ1) is 10.8. The Bertz CT molecular complexity index is 90.5. The van der Waals surface area contributed by atoms with Crippen molar-refractivity contribution < 1.29 is 13.9 Å². The van der Waals surface area contributed by atoms with Crippen molar-refractivity contribution in [2.75, 3.05) is 26.2 Å². The third kappa shape index (κ3) is 6.19. The first-order valence-electron chi connectivity index (χ1n) is 3.82. The van der Waals surface area contributed by atoms with E-state index in [1.54, 1.807) is 4.90 Å². The van der Waals surface area contributed by atoms with Gasteiger partial charge in [-0.3, -0.25) is 4.90 Å². The Kier molecular flexibility index (Phi) is 6.36. The van der Waals surface area contributed by atoms with E-state index in [0.29, 0.717) is 19.5 Å². The maximum absolute atomic E-state index is 11.8. The van der Waals surface area contributed by atoms with Crippen LogP contribution in [0, 0.1) is 0 Å². The predicted molar refractivity (Wildman–Crippen MR) is 39.8 cm³/mol. The van der Waals surface area contributed by atoms with Crippen LogP contribution in [-0.2, 0) is 0 Å². The third-order valence-corrected chi connectivity index (χ3v) is 1.48. The topological polar surface area (TPSA) is 23.5 Å². The molecule has 0 aliphatic heterocycles. The van der Waals surface area contributed by atoms with Crippen molar-refractivity contribution in [1.29, 1.82) is 0 Å². The molecule has 0 fully saturated rings. The Morgan fingerprint density at radius 3 is 2.45 bits per heavy atom. The third-order valence-electron chi connectivity index (χ3n) is 1.48. The van der Waals surface area contributed by atoms with Crippen molar-refractivity contribution in [2.24, 2.45) is 0 Å². The van der Waals surface area contributed by atoms with E-state index >= 15 is 0 Å². The predicted octanol–water partition coefficient (Wildman–Crippen LogP) is 0.956. The molecule has 0 saturated heterocycles. The number of aliphatic hydroxyl groups excluding tert-OH is 1. The summed E-state index contributed by atoms with van der Waals surface area (Å²) in [5.74, 6) is 0. The van der Waals surface area contributed by atoms with Gasteiger partial charge in [-0.25, -0.2) is 8.78 Å². The number of halogens is 2. The van der Waals surface area contributed by atoms with Gasteiger partial charge in [0.2, 0.25) is 0 Å². The molecule has 0 saturated carbocycles. The van der Waals surface area contributed by atoms with Gasteiger partial charge in [0.1, 0.15) is 0 Å². The summed E-state index contributed by atoms with van der Waals surface area (Å²) >= 11 is 0. The number of alkyl halides is 2. The summed E-state index contributed by atoms with van der Waals surface area (Å²) in [6.07, 6.45) is -1.70. The largest absolute Gasteiger partial charge is 0.396 e. The van der Waals surface area contributed by atoms with E-state index in [-0.39, 0.29) is 13.2 Å². The fourth-order valence-electron chi connectivity index (χ4n) is 0.868. The molecule has 0 aromatic rings. The van der Waals surface area contributed by atoms with Gasteiger partial charge in [-0.1, -0.05) is 6.92 Å². The second kappa shape index (κ2) is 6.49. The van der Waals surface area contributed by atoms with E-state index in [2.05, 4.69) is 0 Å². The normalized spacial score (nSPS) is 11.5. The molecule has 0 aromatic carbocycles. The van der Waals surface area contributed by atoms with Crippen LogP contribution in [0.4, 0.5) is 8.78 Å².